The monoisotopic (exact) mass is 475 g/mol. The standard InChI is InChI=1S/C25H25N5O3S/c1-15-8-10-17(11-9-15)23-22(27-16(2)33-23)25(32)30-14-34-13-18(30)12-26-24(31)21-19-6-4-5-7-20(19)29(3)28-21/h4-11,18H,12-14H2,1-3H3,(H,26,31)/t18-/m1/s1. The first kappa shape index (κ1) is 22.2. The van der Waals surface area contributed by atoms with Crippen molar-refractivity contribution in [1.82, 2.24) is 25.0 Å². The van der Waals surface area contributed by atoms with Crippen LogP contribution in [0.5, 0.6) is 0 Å². The molecule has 0 saturated carbocycles. The molecule has 1 N–H and O–H groups in total. The highest BCUT2D eigenvalue weighted by Crippen LogP contribution is 2.29. The molecule has 0 unspecified atom stereocenters. The van der Waals surface area contributed by atoms with Crippen LogP contribution in [0, 0.1) is 13.8 Å². The Balaban J connectivity index is 1.33. The summed E-state index contributed by atoms with van der Waals surface area (Å²) >= 11 is 1.65. The number of rotatable bonds is 5. The SMILES string of the molecule is Cc1ccc(-c2oc(C)nc2C(=O)N2CSC[C@H]2CNC(=O)c2nn(C)c3ccccc23)cc1. The van der Waals surface area contributed by atoms with Crippen molar-refractivity contribution in [2.24, 2.45) is 7.05 Å². The van der Waals surface area contributed by atoms with Crippen LogP contribution in [0.25, 0.3) is 22.2 Å². The largest absolute Gasteiger partial charge is 0.440 e. The summed E-state index contributed by atoms with van der Waals surface area (Å²) in [6.07, 6.45) is 0. The van der Waals surface area contributed by atoms with E-state index < -0.39 is 0 Å². The average Bonchev–Trinajstić information content (AvgIpc) is 3.55. The molecule has 4 aromatic rings. The zero-order valence-electron chi connectivity index (χ0n) is 19.2. The Bertz CT molecular complexity index is 1380. The molecular formula is C25H25N5O3S. The summed E-state index contributed by atoms with van der Waals surface area (Å²) in [7, 11) is 1.82. The van der Waals surface area contributed by atoms with Crippen LogP contribution in [-0.2, 0) is 7.05 Å². The number of hydrogen-bond acceptors (Lipinski definition) is 6. The average molecular weight is 476 g/mol. The number of carbonyl (C=O) groups excluding carboxylic acids is 2. The fourth-order valence-corrected chi connectivity index (χ4v) is 5.36. The van der Waals surface area contributed by atoms with Crippen molar-refractivity contribution >= 4 is 34.5 Å². The zero-order chi connectivity index (χ0) is 23.8. The molecular weight excluding hydrogens is 450 g/mol. The molecule has 2 amide bonds. The van der Waals surface area contributed by atoms with E-state index in [9.17, 15) is 9.59 Å². The van der Waals surface area contributed by atoms with Crippen molar-refractivity contribution in [2.45, 2.75) is 19.9 Å². The van der Waals surface area contributed by atoms with Crippen molar-refractivity contribution in [3.8, 4) is 11.3 Å². The first-order valence-corrected chi connectivity index (χ1v) is 12.2. The number of nitrogens with zero attached hydrogens (tertiary/aromatic N) is 4. The number of carbonyl (C=O) groups is 2. The fourth-order valence-electron chi connectivity index (χ4n) is 4.16. The summed E-state index contributed by atoms with van der Waals surface area (Å²) in [5, 5.41) is 8.16. The predicted molar refractivity (Wildman–Crippen MR) is 132 cm³/mol. The van der Waals surface area contributed by atoms with Crippen molar-refractivity contribution in [1.29, 1.82) is 0 Å². The summed E-state index contributed by atoms with van der Waals surface area (Å²) < 4.78 is 7.51. The van der Waals surface area contributed by atoms with Gasteiger partial charge < -0.3 is 14.6 Å². The fraction of sp³-hybridized carbons (Fsp3) is 0.280. The second kappa shape index (κ2) is 8.98. The minimum atomic E-state index is -0.251. The maximum absolute atomic E-state index is 13.5. The van der Waals surface area contributed by atoms with Crippen molar-refractivity contribution in [2.75, 3.05) is 18.2 Å². The van der Waals surface area contributed by atoms with Crippen LogP contribution in [0.4, 0.5) is 0 Å². The molecule has 5 rings (SSSR count). The van der Waals surface area contributed by atoms with Crippen LogP contribution < -0.4 is 5.32 Å². The summed E-state index contributed by atoms with van der Waals surface area (Å²) in [6, 6.07) is 15.3. The van der Waals surface area contributed by atoms with Crippen LogP contribution >= 0.6 is 11.8 Å². The van der Waals surface area contributed by atoms with E-state index in [2.05, 4.69) is 15.4 Å². The van der Waals surface area contributed by atoms with Crippen LogP contribution in [0.3, 0.4) is 0 Å². The molecule has 34 heavy (non-hydrogen) atoms. The van der Waals surface area contributed by atoms with E-state index in [0.29, 0.717) is 35.5 Å². The van der Waals surface area contributed by atoms with E-state index >= 15 is 0 Å². The number of aryl methyl sites for hydroxylation is 3. The zero-order valence-corrected chi connectivity index (χ0v) is 20.1. The van der Waals surface area contributed by atoms with Crippen LogP contribution in [-0.4, -0.2) is 55.7 Å². The van der Waals surface area contributed by atoms with Crippen LogP contribution in [0.2, 0.25) is 0 Å². The van der Waals surface area contributed by atoms with Gasteiger partial charge in [-0.25, -0.2) is 4.98 Å². The topological polar surface area (TPSA) is 93.3 Å². The molecule has 174 valence electrons. The Morgan fingerprint density at radius 2 is 1.88 bits per heavy atom. The van der Waals surface area contributed by atoms with Crippen molar-refractivity contribution in [3.63, 3.8) is 0 Å². The Hall–Kier alpha value is -3.59. The number of benzene rings is 2. The Kier molecular flexibility index (Phi) is 5.87. The maximum atomic E-state index is 13.5. The number of hydrogen-bond donors (Lipinski definition) is 1. The molecule has 0 aliphatic carbocycles. The first-order chi connectivity index (χ1) is 16.4. The van der Waals surface area contributed by atoms with Gasteiger partial charge in [-0.2, -0.15) is 5.10 Å². The normalized spacial score (nSPS) is 15.7. The number of fused-ring (bicyclic) bond motifs is 1. The lowest BCUT2D eigenvalue weighted by molar-refractivity contribution is 0.0731. The maximum Gasteiger partial charge on any atom is 0.277 e. The highest BCUT2D eigenvalue weighted by atomic mass is 32.2. The van der Waals surface area contributed by atoms with Crippen LogP contribution in [0.1, 0.15) is 32.4 Å². The third-order valence-corrected chi connectivity index (χ3v) is 7.05. The molecule has 1 fully saturated rings. The molecule has 8 nitrogen and oxygen atoms in total. The van der Waals surface area contributed by atoms with Gasteiger partial charge in [-0.15, -0.1) is 11.8 Å². The van der Waals surface area contributed by atoms with Crippen molar-refractivity contribution < 1.29 is 14.0 Å². The molecule has 9 heteroatoms. The van der Waals surface area contributed by atoms with E-state index in [0.717, 1.165) is 27.8 Å². The number of aromatic nitrogens is 3. The summed E-state index contributed by atoms with van der Waals surface area (Å²) in [5.74, 6) is 1.73. The van der Waals surface area contributed by atoms with E-state index in [1.807, 2.05) is 62.5 Å². The molecule has 1 aliphatic heterocycles. The van der Waals surface area contributed by atoms with Gasteiger partial charge in [0.25, 0.3) is 11.8 Å². The number of oxazole rings is 1. The van der Waals surface area contributed by atoms with Gasteiger partial charge in [0, 0.05) is 37.2 Å². The van der Waals surface area contributed by atoms with E-state index in [-0.39, 0.29) is 17.9 Å². The first-order valence-electron chi connectivity index (χ1n) is 11.1. The van der Waals surface area contributed by atoms with Gasteiger partial charge in [-0.05, 0) is 13.0 Å². The van der Waals surface area contributed by atoms with Gasteiger partial charge in [0.2, 0.25) is 0 Å². The lowest BCUT2D eigenvalue weighted by atomic mass is 10.1. The third-order valence-electron chi connectivity index (χ3n) is 5.96. The molecule has 0 spiro atoms. The van der Waals surface area contributed by atoms with Gasteiger partial charge >= 0.3 is 0 Å². The Morgan fingerprint density at radius 3 is 2.68 bits per heavy atom. The minimum absolute atomic E-state index is 0.153. The minimum Gasteiger partial charge on any atom is -0.440 e. The van der Waals surface area contributed by atoms with E-state index in [4.69, 9.17) is 4.42 Å². The molecule has 2 aromatic heterocycles. The third kappa shape index (κ3) is 4.07. The highest BCUT2D eigenvalue weighted by molar-refractivity contribution is 7.99. The molecule has 0 bridgehead atoms. The number of thioether (sulfide) groups is 1. The van der Waals surface area contributed by atoms with E-state index in [1.165, 1.54) is 0 Å². The molecule has 0 radical (unpaired) electrons. The van der Waals surface area contributed by atoms with Crippen molar-refractivity contribution in [3.05, 3.63) is 71.4 Å². The molecule has 1 atom stereocenters. The molecule has 1 aliphatic rings. The number of amides is 2. The smallest absolute Gasteiger partial charge is 0.277 e. The second-order valence-electron chi connectivity index (χ2n) is 8.40. The van der Waals surface area contributed by atoms with E-state index in [1.54, 1.807) is 28.3 Å². The van der Waals surface area contributed by atoms with Crippen LogP contribution in [0.15, 0.2) is 52.9 Å². The molecule has 1 saturated heterocycles. The lowest BCUT2D eigenvalue weighted by Crippen LogP contribution is -2.44. The summed E-state index contributed by atoms with van der Waals surface area (Å²) in [4.78, 5) is 32.6. The molecule has 3 heterocycles. The predicted octanol–water partition coefficient (Wildman–Crippen LogP) is 3.79. The number of nitrogens with one attached hydrogen (secondary N) is 1. The number of para-hydroxylation sites is 1. The Labute approximate surface area is 201 Å². The lowest BCUT2D eigenvalue weighted by Gasteiger charge is -2.23. The Morgan fingerprint density at radius 1 is 1.12 bits per heavy atom. The highest BCUT2D eigenvalue weighted by Gasteiger charge is 2.34. The summed E-state index contributed by atoms with van der Waals surface area (Å²) in [5.41, 5.74) is 3.52. The van der Waals surface area contributed by atoms with Gasteiger partial charge in [0.1, 0.15) is 0 Å². The molecule has 2 aromatic carbocycles. The van der Waals surface area contributed by atoms with Gasteiger partial charge in [-0.3, -0.25) is 14.3 Å². The van der Waals surface area contributed by atoms with Gasteiger partial charge in [0.15, 0.2) is 23.0 Å². The second-order valence-corrected chi connectivity index (χ2v) is 9.40. The quantitative estimate of drug-likeness (QED) is 0.472. The summed E-state index contributed by atoms with van der Waals surface area (Å²) in [6.45, 7) is 4.08. The van der Waals surface area contributed by atoms with Gasteiger partial charge in [0.05, 0.1) is 17.4 Å². The van der Waals surface area contributed by atoms with Gasteiger partial charge in [-0.1, -0.05) is 48.0 Å².